The molecule has 0 aliphatic heterocycles. The molecule has 2 nitrogen and oxygen atoms in total. The van der Waals surface area contributed by atoms with E-state index in [2.05, 4.69) is 31.1 Å². The zero-order chi connectivity index (χ0) is 9.14. The fraction of sp³-hybridized carbons (Fsp3) is 1.00. The summed E-state index contributed by atoms with van der Waals surface area (Å²) in [7, 11) is 4.27. The van der Waals surface area contributed by atoms with E-state index in [1.807, 2.05) is 7.05 Å². The average Bonchev–Trinajstić information content (AvgIpc) is 2.85. The highest BCUT2D eigenvalue weighted by Gasteiger charge is 2.25. The first-order valence-corrected chi connectivity index (χ1v) is 5.02. The van der Waals surface area contributed by atoms with Crippen LogP contribution in [-0.4, -0.2) is 37.6 Å². The molecule has 12 heavy (non-hydrogen) atoms. The topological polar surface area (TPSA) is 15.3 Å². The van der Waals surface area contributed by atoms with E-state index in [9.17, 15) is 0 Å². The van der Waals surface area contributed by atoms with E-state index < -0.39 is 0 Å². The third kappa shape index (κ3) is 2.76. The molecular formula is C10H22N2. The van der Waals surface area contributed by atoms with E-state index >= 15 is 0 Å². The molecule has 1 fully saturated rings. The number of rotatable bonds is 5. The fourth-order valence-corrected chi connectivity index (χ4v) is 1.50. The highest BCUT2D eigenvalue weighted by atomic mass is 15.2. The van der Waals surface area contributed by atoms with Crippen molar-refractivity contribution >= 4 is 0 Å². The molecule has 0 spiro atoms. The van der Waals surface area contributed by atoms with E-state index in [0.717, 1.165) is 5.92 Å². The third-order valence-corrected chi connectivity index (χ3v) is 3.12. The maximum atomic E-state index is 3.30. The smallest absolute Gasteiger partial charge is 0.0215 e. The van der Waals surface area contributed by atoms with Crippen LogP contribution >= 0.6 is 0 Å². The fourth-order valence-electron chi connectivity index (χ4n) is 1.50. The Morgan fingerprint density at radius 2 is 2.00 bits per heavy atom. The molecule has 0 heterocycles. The second-order valence-corrected chi connectivity index (χ2v) is 4.20. The van der Waals surface area contributed by atoms with Crippen molar-refractivity contribution in [2.45, 2.75) is 38.8 Å². The van der Waals surface area contributed by atoms with E-state index in [0.29, 0.717) is 12.1 Å². The summed E-state index contributed by atoms with van der Waals surface area (Å²) in [6.07, 6.45) is 2.90. The predicted octanol–water partition coefficient (Wildman–Crippen LogP) is 1.32. The summed E-state index contributed by atoms with van der Waals surface area (Å²) in [5.41, 5.74) is 0. The lowest BCUT2D eigenvalue weighted by Gasteiger charge is -2.29. The summed E-state index contributed by atoms with van der Waals surface area (Å²) < 4.78 is 0. The van der Waals surface area contributed by atoms with Gasteiger partial charge < -0.3 is 10.2 Å². The van der Waals surface area contributed by atoms with Gasteiger partial charge in [0.25, 0.3) is 0 Å². The van der Waals surface area contributed by atoms with E-state index in [1.165, 1.54) is 19.4 Å². The van der Waals surface area contributed by atoms with Gasteiger partial charge in [-0.25, -0.2) is 0 Å². The van der Waals surface area contributed by atoms with Gasteiger partial charge in [-0.1, -0.05) is 0 Å². The maximum absolute atomic E-state index is 3.30. The van der Waals surface area contributed by atoms with Crippen LogP contribution < -0.4 is 5.32 Å². The molecule has 1 rings (SSSR count). The van der Waals surface area contributed by atoms with Crippen LogP contribution in [0, 0.1) is 5.92 Å². The van der Waals surface area contributed by atoms with Crippen molar-refractivity contribution in [2.24, 2.45) is 5.92 Å². The van der Waals surface area contributed by atoms with Crippen LogP contribution in [0.4, 0.5) is 0 Å². The maximum Gasteiger partial charge on any atom is 0.0215 e. The Labute approximate surface area is 76.3 Å². The van der Waals surface area contributed by atoms with Crippen LogP contribution in [0.1, 0.15) is 26.7 Å². The lowest BCUT2D eigenvalue weighted by Crippen LogP contribution is -2.44. The highest BCUT2D eigenvalue weighted by Crippen LogP contribution is 2.29. The molecule has 1 aliphatic carbocycles. The first-order valence-electron chi connectivity index (χ1n) is 5.02. The van der Waals surface area contributed by atoms with Gasteiger partial charge in [0.2, 0.25) is 0 Å². The molecule has 0 aromatic carbocycles. The molecule has 1 aliphatic rings. The van der Waals surface area contributed by atoms with Gasteiger partial charge in [0.1, 0.15) is 0 Å². The van der Waals surface area contributed by atoms with Crippen molar-refractivity contribution in [3.8, 4) is 0 Å². The number of hydrogen-bond donors (Lipinski definition) is 1. The Morgan fingerprint density at radius 3 is 2.42 bits per heavy atom. The van der Waals surface area contributed by atoms with Gasteiger partial charge in [-0.2, -0.15) is 0 Å². The van der Waals surface area contributed by atoms with Crippen LogP contribution in [0.2, 0.25) is 0 Å². The Bertz CT molecular complexity index is 132. The molecule has 0 radical (unpaired) electrons. The monoisotopic (exact) mass is 170 g/mol. The van der Waals surface area contributed by atoms with Crippen molar-refractivity contribution in [3.05, 3.63) is 0 Å². The largest absolute Gasteiger partial charge is 0.316 e. The van der Waals surface area contributed by atoms with E-state index in [1.54, 1.807) is 0 Å². The normalized spacial score (nSPS) is 22.8. The zero-order valence-electron chi connectivity index (χ0n) is 8.80. The van der Waals surface area contributed by atoms with Gasteiger partial charge in [0.05, 0.1) is 0 Å². The molecule has 72 valence electrons. The molecule has 1 saturated carbocycles. The van der Waals surface area contributed by atoms with Gasteiger partial charge in [-0.05, 0) is 46.7 Å². The quantitative estimate of drug-likeness (QED) is 0.669. The van der Waals surface area contributed by atoms with E-state index in [-0.39, 0.29) is 0 Å². The molecule has 0 aromatic heterocycles. The van der Waals surface area contributed by atoms with Crippen LogP contribution in [0.3, 0.4) is 0 Å². The van der Waals surface area contributed by atoms with E-state index in [4.69, 9.17) is 0 Å². The van der Waals surface area contributed by atoms with Crippen molar-refractivity contribution in [1.29, 1.82) is 0 Å². The van der Waals surface area contributed by atoms with Crippen LogP contribution in [0.25, 0.3) is 0 Å². The Balaban J connectivity index is 2.23. The third-order valence-electron chi connectivity index (χ3n) is 3.12. The highest BCUT2D eigenvalue weighted by molar-refractivity contribution is 4.81. The summed E-state index contributed by atoms with van der Waals surface area (Å²) in [5, 5.41) is 3.30. The Hall–Kier alpha value is -0.0800. The average molecular weight is 170 g/mol. The van der Waals surface area contributed by atoms with Gasteiger partial charge in [-0.3, -0.25) is 0 Å². The minimum absolute atomic E-state index is 0.591. The number of likely N-dealkylation sites (N-methyl/N-ethyl adjacent to an activating group) is 2. The van der Waals surface area contributed by atoms with Gasteiger partial charge >= 0.3 is 0 Å². The predicted molar refractivity (Wildman–Crippen MR) is 53.3 cm³/mol. The van der Waals surface area contributed by atoms with Crippen LogP contribution in [-0.2, 0) is 0 Å². The van der Waals surface area contributed by atoms with Crippen molar-refractivity contribution in [3.63, 3.8) is 0 Å². The summed E-state index contributed by atoms with van der Waals surface area (Å²) in [5.74, 6) is 1.00. The minimum Gasteiger partial charge on any atom is -0.316 e. The molecule has 2 unspecified atom stereocenters. The molecule has 0 saturated heterocycles. The van der Waals surface area contributed by atoms with Gasteiger partial charge in [0, 0.05) is 18.6 Å². The first kappa shape index (κ1) is 10.0. The Kier molecular flexibility index (Phi) is 3.53. The van der Waals surface area contributed by atoms with Crippen molar-refractivity contribution < 1.29 is 0 Å². The second-order valence-electron chi connectivity index (χ2n) is 4.20. The Morgan fingerprint density at radius 1 is 1.42 bits per heavy atom. The SMILES string of the molecule is CNC(C)C(C)N(C)CC1CC1. The lowest BCUT2D eigenvalue weighted by atomic mass is 10.1. The van der Waals surface area contributed by atoms with Crippen molar-refractivity contribution in [2.75, 3.05) is 20.6 Å². The molecule has 0 amide bonds. The molecule has 0 aromatic rings. The second kappa shape index (κ2) is 4.24. The zero-order valence-corrected chi connectivity index (χ0v) is 8.80. The van der Waals surface area contributed by atoms with Gasteiger partial charge in [-0.15, -0.1) is 0 Å². The first-order chi connectivity index (χ1) is 5.65. The molecule has 2 heteroatoms. The van der Waals surface area contributed by atoms with Crippen LogP contribution in [0.15, 0.2) is 0 Å². The van der Waals surface area contributed by atoms with Gasteiger partial charge in [0.15, 0.2) is 0 Å². The molecule has 0 bridgehead atoms. The molecule has 2 atom stereocenters. The molecule has 1 N–H and O–H groups in total. The summed E-state index contributed by atoms with van der Waals surface area (Å²) >= 11 is 0. The molecular weight excluding hydrogens is 148 g/mol. The standard InChI is InChI=1S/C10H22N2/c1-8(11-3)9(2)12(4)7-10-5-6-10/h8-11H,5-7H2,1-4H3. The van der Waals surface area contributed by atoms with Crippen LogP contribution in [0.5, 0.6) is 0 Å². The summed E-state index contributed by atoms with van der Waals surface area (Å²) in [6.45, 7) is 5.82. The lowest BCUT2D eigenvalue weighted by molar-refractivity contribution is 0.211. The summed E-state index contributed by atoms with van der Waals surface area (Å²) in [6, 6.07) is 1.24. The number of nitrogens with one attached hydrogen (secondary N) is 1. The minimum atomic E-state index is 0.591. The number of nitrogens with zero attached hydrogens (tertiary/aromatic N) is 1. The summed E-state index contributed by atoms with van der Waals surface area (Å²) in [4.78, 5) is 2.47. The van der Waals surface area contributed by atoms with Crippen molar-refractivity contribution in [1.82, 2.24) is 10.2 Å². The number of hydrogen-bond acceptors (Lipinski definition) is 2.